The lowest BCUT2D eigenvalue weighted by atomic mass is 9.98. The van der Waals surface area contributed by atoms with Gasteiger partial charge in [-0.15, -0.1) is 0 Å². The summed E-state index contributed by atoms with van der Waals surface area (Å²) in [5.41, 5.74) is 2.22. The zero-order valence-electron chi connectivity index (χ0n) is 13.3. The molecule has 0 amide bonds. The van der Waals surface area contributed by atoms with Gasteiger partial charge in [-0.25, -0.2) is 0 Å². The van der Waals surface area contributed by atoms with Crippen LogP contribution in [0.15, 0.2) is 46.9 Å². The SMILES string of the molecule is COc1ccc(C(=O)c2ccc(Br)cc2CN(C)CCO)cc1. The Kier molecular flexibility index (Phi) is 6.33. The fourth-order valence-corrected chi connectivity index (χ4v) is 2.76. The van der Waals surface area contributed by atoms with E-state index in [2.05, 4.69) is 15.9 Å². The van der Waals surface area contributed by atoms with Crippen LogP contribution < -0.4 is 4.74 Å². The number of ether oxygens (including phenoxy) is 1. The molecule has 0 saturated carbocycles. The normalized spacial score (nSPS) is 10.8. The molecular formula is C18H20BrNO3. The summed E-state index contributed by atoms with van der Waals surface area (Å²) in [6, 6.07) is 12.7. The summed E-state index contributed by atoms with van der Waals surface area (Å²) >= 11 is 3.45. The fourth-order valence-electron chi connectivity index (χ4n) is 2.35. The molecular weight excluding hydrogens is 358 g/mol. The molecule has 1 N–H and O–H groups in total. The first-order chi connectivity index (χ1) is 11.0. The number of rotatable bonds is 7. The van der Waals surface area contributed by atoms with Gasteiger partial charge in [-0.3, -0.25) is 9.69 Å². The predicted octanol–water partition coefficient (Wildman–Crippen LogP) is 3.11. The topological polar surface area (TPSA) is 49.8 Å². The number of carbonyl (C=O) groups is 1. The molecule has 0 unspecified atom stereocenters. The Balaban J connectivity index is 2.31. The lowest BCUT2D eigenvalue weighted by Crippen LogP contribution is -2.23. The number of benzene rings is 2. The van der Waals surface area contributed by atoms with Crippen LogP contribution in [-0.4, -0.2) is 43.1 Å². The summed E-state index contributed by atoms with van der Waals surface area (Å²) in [7, 11) is 3.51. The highest BCUT2D eigenvalue weighted by molar-refractivity contribution is 9.10. The Bertz CT molecular complexity index is 670. The minimum absolute atomic E-state index is 0.0208. The van der Waals surface area contributed by atoms with E-state index in [0.29, 0.717) is 24.2 Å². The number of hydrogen-bond donors (Lipinski definition) is 1. The molecule has 4 nitrogen and oxygen atoms in total. The number of aliphatic hydroxyl groups excluding tert-OH is 1. The quantitative estimate of drug-likeness (QED) is 0.753. The highest BCUT2D eigenvalue weighted by atomic mass is 79.9. The Morgan fingerprint density at radius 2 is 1.91 bits per heavy atom. The third-order valence-corrected chi connectivity index (χ3v) is 4.08. The van der Waals surface area contributed by atoms with E-state index in [1.807, 2.05) is 30.1 Å². The van der Waals surface area contributed by atoms with Gasteiger partial charge in [0.15, 0.2) is 5.78 Å². The molecule has 0 aliphatic rings. The summed E-state index contributed by atoms with van der Waals surface area (Å²) in [6.07, 6.45) is 0. The lowest BCUT2D eigenvalue weighted by molar-refractivity contribution is 0.103. The Morgan fingerprint density at radius 3 is 2.52 bits per heavy atom. The second kappa shape index (κ2) is 8.24. The van der Waals surface area contributed by atoms with Crippen LogP contribution in [0.1, 0.15) is 21.5 Å². The van der Waals surface area contributed by atoms with Crippen molar-refractivity contribution in [3.05, 3.63) is 63.6 Å². The third-order valence-electron chi connectivity index (χ3n) is 3.59. The third kappa shape index (κ3) is 4.64. The first-order valence-electron chi connectivity index (χ1n) is 7.31. The van der Waals surface area contributed by atoms with Gasteiger partial charge in [0, 0.05) is 28.7 Å². The lowest BCUT2D eigenvalue weighted by Gasteiger charge is -2.18. The number of methoxy groups -OCH3 is 1. The summed E-state index contributed by atoms with van der Waals surface area (Å²) in [6.45, 7) is 1.24. The molecule has 0 spiro atoms. The zero-order valence-corrected chi connectivity index (χ0v) is 14.8. The van der Waals surface area contributed by atoms with E-state index in [-0.39, 0.29) is 12.4 Å². The van der Waals surface area contributed by atoms with E-state index >= 15 is 0 Å². The Labute approximate surface area is 144 Å². The van der Waals surface area contributed by atoms with Crippen LogP contribution in [0.4, 0.5) is 0 Å². The highest BCUT2D eigenvalue weighted by Crippen LogP contribution is 2.22. The zero-order chi connectivity index (χ0) is 16.8. The van der Waals surface area contributed by atoms with Crippen LogP contribution in [0.25, 0.3) is 0 Å². The Morgan fingerprint density at radius 1 is 1.22 bits per heavy atom. The maximum Gasteiger partial charge on any atom is 0.193 e. The molecule has 5 heteroatoms. The van der Waals surface area contributed by atoms with Gasteiger partial charge in [-0.05, 0) is 55.1 Å². The molecule has 0 radical (unpaired) electrons. The number of nitrogens with zero attached hydrogens (tertiary/aromatic N) is 1. The largest absolute Gasteiger partial charge is 0.497 e. The summed E-state index contributed by atoms with van der Waals surface area (Å²) in [5.74, 6) is 0.702. The van der Waals surface area contributed by atoms with Gasteiger partial charge in [0.25, 0.3) is 0 Å². The van der Waals surface area contributed by atoms with Crippen molar-refractivity contribution in [3.63, 3.8) is 0 Å². The first kappa shape index (κ1) is 17.7. The van der Waals surface area contributed by atoms with Gasteiger partial charge in [0.2, 0.25) is 0 Å². The summed E-state index contributed by atoms with van der Waals surface area (Å²) in [5, 5.41) is 9.05. The van der Waals surface area contributed by atoms with Crippen molar-refractivity contribution in [3.8, 4) is 5.75 Å². The maximum atomic E-state index is 12.8. The van der Waals surface area contributed by atoms with E-state index in [1.165, 1.54) is 0 Å². The van der Waals surface area contributed by atoms with Crippen molar-refractivity contribution in [2.75, 3.05) is 27.3 Å². The van der Waals surface area contributed by atoms with Gasteiger partial charge in [-0.2, -0.15) is 0 Å². The maximum absolute atomic E-state index is 12.8. The molecule has 0 saturated heterocycles. The van der Waals surface area contributed by atoms with Crippen LogP contribution in [0.3, 0.4) is 0 Å². The van der Waals surface area contributed by atoms with Crippen LogP contribution in [-0.2, 0) is 6.54 Å². The molecule has 0 aliphatic carbocycles. The van der Waals surface area contributed by atoms with Crippen molar-refractivity contribution in [2.45, 2.75) is 6.54 Å². The standard InChI is InChI=1S/C18H20BrNO3/c1-20(9-10-21)12-14-11-15(19)5-8-17(14)18(22)13-3-6-16(23-2)7-4-13/h3-8,11,21H,9-10,12H2,1-2H3. The average Bonchev–Trinajstić information content (AvgIpc) is 2.55. The van der Waals surface area contributed by atoms with Gasteiger partial charge in [-0.1, -0.05) is 15.9 Å². The molecule has 2 aromatic carbocycles. The van der Waals surface area contributed by atoms with Crippen molar-refractivity contribution >= 4 is 21.7 Å². The number of ketones is 1. The van der Waals surface area contributed by atoms with Gasteiger partial charge in [0.05, 0.1) is 13.7 Å². The smallest absolute Gasteiger partial charge is 0.193 e. The molecule has 122 valence electrons. The van der Waals surface area contributed by atoms with Gasteiger partial charge in [0.1, 0.15) is 5.75 Å². The molecule has 0 fully saturated rings. The van der Waals surface area contributed by atoms with Crippen LogP contribution in [0, 0.1) is 0 Å². The van der Waals surface area contributed by atoms with E-state index in [0.717, 1.165) is 15.8 Å². The van der Waals surface area contributed by atoms with E-state index < -0.39 is 0 Å². The average molecular weight is 378 g/mol. The van der Waals surface area contributed by atoms with Crippen molar-refractivity contribution in [1.82, 2.24) is 4.90 Å². The molecule has 0 bridgehead atoms. The minimum atomic E-state index is -0.0208. The number of hydrogen-bond acceptors (Lipinski definition) is 4. The van der Waals surface area contributed by atoms with E-state index in [9.17, 15) is 4.79 Å². The van der Waals surface area contributed by atoms with Crippen molar-refractivity contribution in [1.29, 1.82) is 0 Å². The molecule has 0 aromatic heterocycles. The van der Waals surface area contributed by atoms with E-state index in [4.69, 9.17) is 9.84 Å². The van der Waals surface area contributed by atoms with Gasteiger partial charge >= 0.3 is 0 Å². The molecule has 2 aromatic rings. The van der Waals surface area contributed by atoms with Crippen molar-refractivity contribution in [2.24, 2.45) is 0 Å². The molecule has 2 rings (SSSR count). The number of carbonyl (C=O) groups excluding carboxylic acids is 1. The van der Waals surface area contributed by atoms with Gasteiger partial charge < -0.3 is 9.84 Å². The molecule has 0 heterocycles. The first-order valence-corrected chi connectivity index (χ1v) is 8.11. The predicted molar refractivity (Wildman–Crippen MR) is 94.0 cm³/mol. The Hall–Kier alpha value is -1.69. The summed E-state index contributed by atoms with van der Waals surface area (Å²) in [4.78, 5) is 14.8. The monoisotopic (exact) mass is 377 g/mol. The number of halogens is 1. The summed E-state index contributed by atoms with van der Waals surface area (Å²) < 4.78 is 6.05. The minimum Gasteiger partial charge on any atom is -0.497 e. The van der Waals surface area contributed by atoms with Crippen LogP contribution in [0.5, 0.6) is 5.75 Å². The highest BCUT2D eigenvalue weighted by Gasteiger charge is 2.15. The molecule has 0 atom stereocenters. The fraction of sp³-hybridized carbons (Fsp3) is 0.278. The van der Waals surface area contributed by atoms with E-state index in [1.54, 1.807) is 31.4 Å². The van der Waals surface area contributed by atoms with Crippen LogP contribution in [0.2, 0.25) is 0 Å². The number of aliphatic hydroxyl groups is 1. The van der Waals surface area contributed by atoms with Crippen LogP contribution >= 0.6 is 15.9 Å². The van der Waals surface area contributed by atoms with Crippen molar-refractivity contribution < 1.29 is 14.6 Å². The number of likely N-dealkylation sites (N-methyl/N-ethyl adjacent to an activating group) is 1. The molecule has 0 aliphatic heterocycles. The molecule has 23 heavy (non-hydrogen) atoms. The second-order valence-corrected chi connectivity index (χ2v) is 6.24. The second-order valence-electron chi connectivity index (χ2n) is 5.32.